The first-order valence-corrected chi connectivity index (χ1v) is 20.0. The fraction of sp³-hybridized carbons (Fsp3) is 0.500. The number of ether oxygens (including phenoxy) is 1. The van der Waals surface area contributed by atoms with E-state index in [0.29, 0.717) is 64.4 Å². The molecule has 7 rings (SSSR count). The molecule has 0 unspecified atom stereocenters. The summed E-state index contributed by atoms with van der Waals surface area (Å²) >= 11 is 0. The van der Waals surface area contributed by atoms with Crippen molar-refractivity contribution in [2.75, 3.05) is 66.0 Å². The molecular weight excluding hydrogens is 711 g/mol. The van der Waals surface area contributed by atoms with Gasteiger partial charge in [0.2, 0.25) is 5.91 Å². The number of benzene rings is 2. The van der Waals surface area contributed by atoms with Gasteiger partial charge in [-0.05, 0) is 99.8 Å². The summed E-state index contributed by atoms with van der Waals surface area (Å²) in [5.41, 5.74) is 4.13. The number of nitrogens with one attached hydrogen (secondary N) is 3. The number of fused-ring (bicyclic) bond motifs is 2. The lowest BCUT2D eigenvalue weighted by atomic mass is 9.89. The summed E-state index contributed by atoms with van der Waals surface area (Å²) in [5, 5.41) is 12.2. The minimum Gasteiger partial charge on any atom is -0.426 e. The Balaban J connectivity index is 1.04. The molecule has 14 heteroatoms. The van der Waals surface area contributed by atoms with Crippen LogP contribution < -0.4 is 16.2 Å². The zero-order valence-electron chi connectivity index (χ0n) is 32.7. The number of nitrogens with zero attached hydrogens (tertiary/aromatic N) is 6. The smallest absolute Gasteiger partial charge is 0.408 e. The highest BCUT2D eigenvalue weighted by Crippen LogP contribution is 2.28. The number of para-hydroxylation sites is 1. The van der Waals surface area contributed by atoms with Crippen LogP contribution in [0.25, 0.3) is 21.8 Å². The normalized spacial score (nSPS) is 18.2. The van der Waals surface area contributed by atoms with Gasteiger partial charge in [0.15, 0.2) is 6.73 Å². The predicted octanol–water partition coefficient (Wildman–Crippen LogP) is 4.18. The molecule has 0 radical (unpaired) electrons. The van der Waals surface area contributed by atoms with E-state index < -0.39 is 12.1 Å². The van der Waals surface area contributed by atoms with Gasteiger partial charge in [0, 0.05) is 74.7 Å². The van der Waals surface area contributed by atoms with Crippen LogP contribution in [0.15, 0.2) is 66.1 Å². The lowest BCUT2D eigenvalue weighted by Gasteiger charge is -2.43. The number of piperazine rings is 1. The fourth-order valence-electron chi connectivity index (χ4n) is 8.61. The molecule has 14 nitrogen and oxygen atoms in total. The third-order valence-corrected chi connectivity index (χ3v) is 11.8. The van der Waals surface area contributed by atoms with Gasteiger partial charge in [-0.15, -0.1) is 6.58 Å². The van der Waals surface area contributed by atoms with Gasteiger partial charge in [-0.2, -0.15) is 5.10 Å². The topological polar surface area (TPSA) is 148 Å². The second-order valence-corrected chi connectivity index (χ2v) is 15.6. The van der Waals surface area contributed by atoms with Crippen LogP contribution in [0.2, 0.25) is 0 Å². The lowest BCUT2D eigenvalue weighted by molar-refractivity contribution is -0.135. The Morgan fingerprint density at radius 2 is 1.71 bits per heavy atom. The van der Waals surface area contributed by atoms with Crippen LogP contribution in [0.3, 0.4) is 0 Å². The second-order valence-electron chi connectivity index (χ2n) is 15.6. The lowest BCUT2D eigenvalue weighted by Crippen LogP contribution is -2.59. The first kappa shape index (κ1) is 39.0. The Morgan fingerprint density at radius 3 is 2.46 bits per heavy atom. The van der Waals surface area contributed by atoms with E-state index in [0.717, 1.165) is 77.5 Å². The molecule has 3 N–H and O–H groups in total. The van der Waals surface area contributed by atoms with Crippen LogP contribution in [-0.4, -0.2) is 130 Å². The van der Waals surface area contributed by atoms with E-state index in [1.54, 1.807) is 21.9 Å². The van der Waals surface area contributed by atoms with Crippen molar-refractivity contribution in [3.05, 3.63) is 88.4 Å². The maximum absolute atomic E-state index is 14.4. The number of aryl methyl sites for hydroxylation is 1. The van der Waals surface area contributed by atoms with Crippen LogP contribution in [0.5, 0.6) is 0 Å². The van der Waals surface area contributed by atoms with E-state index in [1.165, 1.54) is 0 Å². The summed E-state index contributed by atoms with van der Waals surface area (Å²) < 4.78 is 7.03. The van der Waals surface area contributed by atoms with Crippen molar-refractivity contribution < 1.29 is 19.1 Å². The highest BCUT2D eigenvalue weighted by Gasteiger charge is 2.34. The van der Waals surface area contributed by atoms with E-state index >= 15 is 0 Å². The third kappa shape index (κ3) is 9.08. The Hall–Kier alpha value is -5.21. The number of amides is 4. The number of alkyl carbamates (subject to hydrolysis) is 1. The number of piperidine rings is 2. The molecule has 298 valence electrons. The molecule has 56 heavy (non-hydrogen) atoms. The van der Waals surface area contributed by atoms with Gasteiger partial charge >= 0.3 is 12.1 Å². The highest BCUT2D eigenvalue weighted by molar-refractivity contribution is 5.88. The van der Waals surface area contributed by atoms with Gasteiger partial charge < -0.3 is 35.1 Å². The van der Waals surface area contributed by atoms with Crippen LogP contribution in [0.1, 0.15) is 54.7 Å². The summed E-state index contributed by atoms with van der Waals surface area (Å²) in [5.74, 6) is -0.0402. The molecule has 3 fully saturated rings. The van der Waals surface area contributed by atoms with Gasteiger partial charge in [0.25, 0.3) is 5.56 Å². The largest absolute Gasteiger partial charge is 0.426 e. The van der Waals surface area contributed by atoms with Crippen molar-refractivity contribution >= 4 is 39.8 Å². The van der Waals surface area contributed by atoms with Crippen LogP contribution in [0, 0.1) is 6.92 Å². The van der Waals surface area contributed by atoms with Crippen LogP contribution in [-0.2, 0) is 22.7 Å². The molecule has 0 spiro atoms. The number of hydrogen-bond acceptors (Lipinski definition) is 8. The number of carbonyl (C=O) groups excluding carboxylic acids is 3. The summed E-state index contributed by atoms with van der Waals surface area (Å²) in [4.78, 5) is 65.1. The average Bonchev–Trinajstić information content (AvgIpc) is 3.63. The number of rotatable bonds is 11. The minimum atomic E-state index is -0.770. The SMILES string of the molecule is C=CCCNC(=O)OCn1ncc2cc(C[C@@H](NC(=O)N3CCC(c4cc5ccccc5[nH]c4=O)CC3)C(=O)N3CCN(C4CCN(C)CC4)CC3)cc(C)c21. The predicted molar refractivity (Wildman–Crippen MR) is 217 cm³/mol. The number of aromatic amines is 1. The monoisotopic (exact) mass is 765 g/mol. The van der Waals surface area contributed by atoms with Gasteiger partial charge in [-0.1, -0.05) is 30.3 Å². The number of H-pyrrole nitrogens is 1. The third-order valence-electron chi connectivity index (χ3n) is 11.8. The highest BCUT2D eigenvalue weighted by atomic mass is 16.6. The van der Waals surface area contributed by atoms with Crippen molar-refractivity contribution in [2.24, 2.45) is 0 Å². The average molecular weight is 766 g/mol. The molecule has 2 aromatic carbocycles. The second kappa shape index (κ2) is 17.7. The summed E-state index contributed by atoms with van der Waals surface area (Å²) in [6, 6.07) is 13.3. The maximum Gasteiger partial charge on any atom is 0.408 e. The number of carbonyl (C=O) groups is 3. The first-order chi connectivity index (χ1) is 27.2. The van der Waals surface area contributed by atoms with Crippen LogP contribution in [0.4, 0.5) is 9.59 Å². The Morgan fingerprint density at radius 1 is 0.964 bits per heavy atom. The summed E-state index contributed by atoms with van der Waals surface area (Å²) in [7, 11) is 2.17. The van der Waals surface area contributed by atoms with Crippen molar-refractivity contribution in [3.8, 4) is 0 Å². The Bertz CT molecular complexity index is 2090. The Labute approximate surface area is 327 Å². The van der Waals surface area contributed by atoms with Crippen molar-refractivity contribution in [2.45, 2.75) is 70.2 Å². The quantitative estimate of drug-likeness (QED) is 0.152. The van der Waals surface area contributed by atoms with Crippen molar-refractivity contribution in [3.63, 3.8) is 0 Å². The molecular formula is C42H55N9O5. The molecule has 5 heterocycles. The number of urea groups is 1. The molecule has 3 saturated heterocycles. The van der Waals surface area contributed by atoms with E-state index in [1.807, 2.05) is 54.3 Å². The molecule has 4 aromatic rings. The van der Waals surface area contributed by atoms with E-state index in [9.17, 15) is 19.2 Å². The number of aromatic nitrogens is 3. The van der Waals surface area contributed by atoms with Gasteiger partial charge in [-0.3, -0.25) is 14.5 Å². The zero-order valence-corrected chi connectivity index (χ0v) is 32.7. The Kier molecular flexibility index (Phi) is 12.4. The molecule has 4 amide bonds. The number of pyridine rings is 1. The first-order valence-electron chi connectivity index (χ1n) is 20.0. The minimum absolute atomic E-state index is 0.0401. The van der Waals surface area contributed by atoms with E-state index in [-0.39, 0.29) is 30.1 Å². The number of hydrogen-bond donors (Lipinski definition) is 3. The maximum atomic E-state index is 14.4. The zero-order chi connectivity index (χ0) is 39.2. The fourth-order valence-corrected chi connectivity index (χ4v) is 8.61. The molecule has 3 aliphatic rings. The van der Waals surface area contributed by atoms with Crippen LogP contribution >= 0.6 is 0 Å². The molecule has 1 atom stereocenters. The van der Waals surface area contributed by atoms with Crippen molar-refractivity contribution in [1.29, 1.82) is 0 Å². The van der Waals surface area contributed by atoms with Gasteiger partial charge in [0.1, 0.15) is 6.04 Å². The van der Waals surface area contributed by atoms with Crippen molar-refractivity contribution in [1.82, 2.24) is 45.0 Å². The van der Waals surface area contributed by atoms with E-state index in [4.69, 9.17) is 4.74 Å². The molecule has 2 aromatic heterocycles. The molecule has 3 aliphatic heterocycles. The van der Waals surface area contributed by atoms with Gasteiger partial charge in [-0.25, -0.2) is 14.3 Å². The summed E-state index contributed by atoms with van der Waals surface area (Å²) in [6.45, 7) is 12.1. The summed E-state index contributed by atoms with van der Waals surface area (Å²) in [6.07, 6.45) is 7.49. The molecule has 0 aliphatic carbocycles. The standard InChI is InChI=1S/C42H55N9O5/c1-4-5-14-43-42(55)56-28-51-38-29(2)23-30(24-33(38)27-44-51)25-37(40(53)49-21-19-48(20-22-49)34-12-15-47(3)16-13-34)46-41(54)50-17-10-31(11-18-50)35-26-32-8-6-7-9-36(32)45-39(35)52/h4,6-9,23-24,26-27,31,34,37H,1,5,10-22,25,28H2,2-3H3,(H,43,55)(H,45,52)(H,46,54)/t37-/m1/s1. The number of likely N-dealkylation sites (tertiary alicyclic amines) is 2. The molecule has 0 bridgehead atoms. The van der Waals surface area contributed by atoms with Gasteiger partial charge in [0.05, 0.1) is 11.7 Å². The van der Waals surface area contributed by atoms with E-state index in [2.05, 4.69) is 44.1 Å². The molecule has 0 saturated carbocycles.